The summed E-state index contributed by atoms with van der Waals surface area (Å²) >= 11 is 1.46. The van der Waals surface area contributed by atoms with E-state index in [0.717, 1.165) is 41.5 Å². The Labute approximate surface area is 174 Å². The van der Waals surface area contributed by atoms with Gasteiger partial charge in [0, 0.05) is 25.3 Å². The van der Waals surface area contributed by atoms with E-state index in [9.17, 15) is 4.79 Å². The molecule has 4 rings (SSSR count). The van der Waals surface area contributed by atoms with Crippen molar-refractivity contribution in [3.63, 3.8) is 0 Å². The largest absolute Gasteiger partial charge is 0.493 e. The number of hydrogen-bond donors (Lipinski definition) is 0. The third kappa shape index (κ3) is 5.43. The third-order valence-corrected chi connectivity index (χ3v) is 5.74. The van der Waals surface area contributed by atoms with Crippen molar-refractivity contribution < 1.29 is 14.3 Å². The number of amides is 1. The molecule has 0 saturated carbocycles. The number of nitrogens with zero attached hydrogens (tertiary/aromatic N) is 2. The number of benzene rings is 1. The Balaban J connectivity index is 1.47. The summed E-state index contributed by atoms with van der Waals surface area (Å²) in [5, 5.41) is 1.92. The molecule has 1 saturated heterocycles. The van der Waals surface area contributed by atoms with Gasteiger partial charge in [-0.2, -0.15) is 0 Å². The zero-order chi connectivity index (χ0) is 19.9. The van der Waals surface area contributed by atoms with E-state index in [4.69, 9.17) is 9.47 Å². The van der Waals surface area contributed by atoms with Gasteiger partial charge >= 0.3 is 0 Å². The van der Waals surface area contributed by atoms with Gasteiger partial charge in [0.05, 0.1) is 30.3 Å². The van der Waals surface area contributed by atoms with Crippen LogP contribution in [0.4, 0.5) is 0 Å². The van der Waals surface area contributed by atoms with Gasteiger partial charge in [0.15, 0.2) is 0 Å². The van der Waals surface area contributed by atoms with Crippen molar-refractivity contribution in [2.45, 2.75) is 19.5 Å². The predicted molar refractivity (Wildman–Crippen MR) is 113 cm³/mol. The Morgan fingerprint density at radius 3 is 2.90 bits per heavy atom. The summed E-state index contributed by atoms with van der Waals surface area (Å²) in [6.45, 7) is 3.21. The molecule has 1 aliphatic rings. The molecule has 3 aromatic rings. The second kappa shape index (κ2) is 9.67. The monoisotopic (exact) mass is 408 g/mol. The number of carbonyl (C=O) groups excluding carboxylic acids is 1. The van der Waals surface area contributed by atoms with E-state index in [2.05, 4.69) is 4.98 Å². The SMILES string of the molecule is O=C(c1cccs1)N(Cc1cccc(OCC2CCOC2)c1)Cc1ccccn1. The molecule has 5 nitrogen and oxygen atoms in total. The number of thiophene rings is 1. The molecular weight excluding hydrogens is 384 g/mol. The number of hydrogen-bond acceptors (Lipinski definition) is 5. The van der Waals surface area contributed by atoms with Crippen LogP contribution in [0.15, 0.2) is 66.2 Å². The molecule has 1 aromatic carbocycles. The van der Waals surface area contributed by atoms with Crippen molar-refractivity contribution in [1.29, 1.82) is 0 Å². The van der Waals surface area contributed by atoms with E-state index >= 15 is 0 Å². The van der Waals surface area contributed by atoms with Crippen LogP contribution in [0, 0.1) is 5.92 Å². The maximum absolute atomic E-state index is 13.1. The van der Waals surface area contributed by atoms with Crippen LogP contribution in [0.5, 0.6) is 5.75 Å². The average molecular weight is 409 g/mol. The second-order valence-corrected chi connectivity index (χ2v) is 8.10. The molecule has 150 valence electrons. The normalized spacial score (nSPS) is 15.9. The molecule has 1 unspecified atom stereocenters. The van der Waals surface area contributed by atoms with Crippen molar-refractivity contribution in [2.75, 3.05) is 19.8 Å². The van der Waals surface area contributed by atoms with Crippen molar-refractivity contribution in [2.24, 2.45) is 5.92 Å². The number of pyridine rings is 1. The van der Waals surface area contributed by atoms with Crippen molar-refractivity contribution >= 4 is 17.2 Å². The van der Waals surface area contributed by atoms with Gasteiger partial charge in [0.2, 0.25) is 0 Å². The number of ether oxygens (including phenoxy) is 2. The van der Waals surface area contributed by atoms with Crippen molar-refractivity contribution in [3.8, 4) is 5.75 Å². The lowest BCUT2D eigenvalue weighted by atomic mass is 10.1. The Morgan fingerprint density at radius 1 is 1.17 bits per heavy atom. The van der Waals surface area contributed by atoms with Crippen LogP contribution in [0.3, 0.4) is 0 Å². The third-order valence-electron chi connectivity index (χ3n) is 4.88. The first-order chi connectivity index (χ1) is 14.3. The highest BCUT2D eigenvalue weighted by Crippen LogP contribution is 2.21. The van der Waals surface area contributed by atoms with Gasteiger partial charge in [0.1, 0.15) is 5.75 Å². The molecule has 0 N–H and O–H groups in total. The van der Waals surface area contributed by atoms with E-state index in [1.807, 2.05) is 64.9 Å². The Morgan fingerprint density at radius 2 is 2.14 bits per heavy atom. The molecule has 1 aliphatic heterocycles. The van der Waals surface area contributed by atoms with Crippen LogP contribution in [0.2, 0.25) is 0 Å². The molecule has 3 heterocycles. The summed E-state index contributed by atoms with van der Waals surface area (Å²) < 4.78 is 11.4. The van der Waals surface area contributed by atoms with Gasteiger partial charge in [-0.15, -0.1) is 11.3 Å². The highest BCUT2D eigenvalue weighted by atomic mass is 32.1. The highest BCUT2D eigenvalue weighted by molar-refractivity contribution is 7.12. The fraction of sp³-hybridized carbons (Fsp3) is 0.304. The summed E-state index contributed by atoms with van der Waals surface area (Å²) in [4.78, 5) is 20.0. The highest BCUT2D eigenvalue weighted by Gasteiger charge is 2.19. The van der Waals surface area contributed by atoms with E-state index in [1.54, 1.807) is 6.20 Å². The Hall–Kier alpha value is -2.70. The zero-order valence-corrected chi connectivity index (χ0v) is 17.0. The van der Waals surface area contributed by atoms with Crippen LogP contribution in [0.25, 0.3) is 0 Å². The fourth-order valence-electron chi connectivity index (χ4n) is 3.33. The topological polar surface area (TPSA) is 51.7 Å². The van der Waals surface area contributed by atoms with Gasteiger partial charge < -0.3 is 14.4 Å². The molecular formula is C23H24N2O3S. The summed E-state index contributed by atoms with van der Waals surface area (Å²) in [6, 6.07) is 17.5. The standard InChI is InChI=1S/C23H24N2O3S/c26-23(22-8-4-12-29-22)25(15-20-6-1-2-10-24-20)14-18-5-3-7-21(13-18)28-17-19-9-11-27-16-19/h1-8,10,12-13,19H,9,11,14-17H2. The zero-order valence-electron chi connectivity index (χ0n) is 16.2. The average Bonchev–Trinajstić information content (AvgIpc) is 3.47. The van der Waals surface area contributed by atoms with E-state index in [-0.39, 0.29) is 5.91 Å². The molecule has 0 bridgehead atoms. The first kappa shape index (κ1) is 19.6. The Kier molecular flexibility index (Phi) is 6.54. The van der Waals surface area contributed by atoms with Crippen LogP contribution in [-0.2, 0) is 17.8 Å². The molecule has 1 atom stereocenters. The fourth-order valence-corrected chi connectivity index (χ4v) is 4.02. The van der Waals surface area contributed by atoms with Crippen LogP contribution in [0.1, 0.15) is 27.3 Å². The van der Waals surface area contributed by atoms with E-state index in [1.165, 1.54) is 11.3 Å². The summed E-state index contributed by atoms with van der Waals surface area (Å²) in [6.07, 6.45) is 2.80. The molecule has 1 fully saturated rings. The lowest BCUT2D eigenvalue weighted by molar-refractivity contribution is 0.0732. The Bertz CT molecular complexity index is 909. The summed E-state index contributed by atoms with van der Waals surface area (Å²) in [7, 11) is 0. The lowest BCUT2D eigenvalue weighted by Gasteiger charge is -2.22. The number of carbonyl (C=O) groups is 1. The molecule has 0 spiro atoms. The quantitative estimate of drug-likeness (QED) is 0.554. The molecule has 0 radical (unpaired) electrons. The number of rotatable bonds is 8. The van der Waals surface area contributed by atoms with Crippen molar-refractivity contribution in [1.82, 2.24) is 9.88 Å². The van der Waals surface area contributed by atoms with Crippen molar-refractivity contribution in [3.05, 3.63) is 82.3 Å². The smallest absolute Gasteiger partial charge is 0.264 e. The molecule has 0 aliphatic carbocycles. The maximum atomic E-state index is 13.1. The molecule has 2 aromatic heterocycles. The minimum atomic E-state index is 0.0140. The first-order valence-electron chi connectivity index (χ1n) is 9.80. The number of aromatic nitrogens is 1. The van der Waals surface area contributed by atoms with Gasteiger partial charge in [-0.25, -0.2) is 0 Å². The second-order valence-electron chi connectivity index (χ2n) is 7.15. The van der Waals surface area contributed by atoms with E-state index in [0.29, 0.717) is 25.6 Å². The first-order valence-corrected chi connectivity index (χ1v) is 10.7. The van der Waals surface area contributed by atoms with Gasteiger partial charge in [-0.1, -0.05) is 24.3 Å². The molecule has 29 heavy (non-hydrogen) atoms. The van der Waals surface area contributed by atoms with E-state index < -0.39 is 0 Å². The minimum absolute atomic E-state index is 0.0140. The maximum Gasteiger partial charge on any atom is 0.264 e. The molecule has 6 heteroatoms. The van der Waals surface area contributed by atoms with Gasteiger partial charge in [0.25, 0.3) is 5.91 Å². The lowest BCUT2D eigenvalue weighted by Crippen LogP contribution is -2.30. The predicted octanol–water partition coefficient (Wildman–Crippen LogP) is 4.40. The van der Waals surface area contributed by atoms with Crippen LogP contribution < -0.4 is 4.74 Å². The summed E-state index contributed by atoms with van der Waals surface area (Å²) in [5.41, 5.74) is 1.90. The van der Waals surface area contributed by atoms with Crippen LogP contribution >= 0.6 is 11.3 Å². The van der Waals surface area contributed by atoms with Gasteiger partial charge in [-0.3, -0.25) is 9.78 Å². The van der Waals surface area contributed by atoms with Gasteiger partial charge in [-0.05, 0) is 47.7 Å². The minimum Gasteiger partial charge on any atom is -0.493 e. The summed E-state index contributed by atoms with van der Waals surface area (Å²) in [5.74, 6) is 1.30. The van der Waals surface area contributed by atoms with Crippen LogP contribution in [-0.4, -0.2) is 35.6 Å². The molecule has 1 amide bonds.